The molecule has 1 heterocycles. The smallest absolute Gasteiger partial charge is 0.310 e. The number of nitrogens with one attached hydrogen (secondary N) is 1. The van der Waals surface area contributed by atoms with E-state index in [2.05, 4.69) is 10.3 Å². The molecule has 1 N–H and O–H groups in total. The maximum absolute atomic E-state index is 12.1. The number of halogens is 2. The van der Waals surface area contributed by atoms with E-state index in [0.29, 0.717) is 15.7 Å². The van der Waals surface area contributed by atoms with E-state index in [1.807, 2.05) is 30.3 Å². The van der Waals surface area contributed by atoms with Gasteiger partial charge in [0.25, 0.3) is 5.91 Å². The zero-order chi connectivity index (χ0) is 18.5. The molecule has 2 aromatic carbocycles. The zero-order valence-corrected chi connectivity index (χ0v) is 15.1. The Morgan fingerprint density at radius 1 is 1.08 bits per heavy atom. The number of rotatable bonds is 5. The molecule has 0 saturated carbocycles. The lowest BCUT2D eigenvalue weighted by molar-refractivity contribution is -0.146. The van der Waals surface area contributed by atoms with Crippen LogP contribution in [-0.2, 0) is 20.7 Å². The molecule has 0 spiro atoms. The predicted octanol–water partition coefficient (Wildman–Crippen LogP) is 4.27. The number of para-hydroxylation sites is 1. The minimum Gasteiger partial charge on any atom is -0.455 e. The van der Waals surface area contributed by atoms with Gasteiger partial charge in [-0.2, -0.15) is 0 Å². The molecule has 0 radical (unpaired) electrons. The molecule has 5 nitrogen and oxygen atoms in total. The monoisotopic (exact) mass is 388 g/mol. The summed E-state index contributed by atoms with van der Waals surface area (Å²) < 4.78 is 5.04. The van der Waals surface area contributed by atoms with Gasteiger partial charge < -0.3 is 10.1 Å². The second-order valence-electron chi connectivity index (χ2n) is 5.50. The molecule has 1 aromatic heterocycles. The van der Waals surface area contributed by atoms with Gasteiger partial charge in [0.05, 0.1) is 22.6 Å². The normalized spacial score (nSPS) is 10.5. The molecule has 26 heavy (non-hydrogen) atoms. The van der Waals surface area contributed by atoms with Crippen LogP contribution in [0.25, 0.3) is 10.9 Å². The van der Waals surface area contributed by atoms with E-state index in [1.54, 1.807) is 18.3 Å². The summed E-state index contributed by atoms with van der Waals surface area (Å²) >= 11 is 11.8. The van der Waals surface area contributed by atoms with E-state index in [-0.39, 0.29) is 6.42 Å². The molecule has 0 fully saturated rings. The van der Waals surface area contributed by atoms with E-state index in [4.69, 9.17) is 27.9 Å². The van der Waals surface area contributed by atoms with Crippen molar-refractivity contribution < 1.29 is 14.3 Å². The number of pyridine rings is 1. The van der Waals surface area contributed by atoms with Gasteiger partial charge in [0.15, 0.2) is 6.61 Å². The van der Waals surface area contributed by atoms with Crippen LogP contribution in [0.2, 0.25) is 10.0 Å². The second kappa shape index (κ2) is 8.17. The van der Waals surface area contributed by atoms with Crippen LogP contribution >= 0.6 is 23.2 Å². The molecule has 3 aromatic rings. The second-order valence-corrected chi connectivity index (χ2v) is 6.35. The quantitative estimate of drug-likeness (QED) is 0.662. The Hall–Kier alpha value is -2.63. The van der Waals surface area contributed by atoms with E-state index in [9.17, 15) is 9.59 Å². The Labute approximate surface area is 159 Å². The van der Waals surface area contributed by atoms with Gasteiger partial charge >= 0.3 is 5.97 Å². The van der Waals surface area contributed by atoms with Gasteiger partial charge in [-0.05, 0) is 29.8 Å². The summed E-state index contributed by atoms with van der Waals surface area (Å²) in [5.74, 6) is -1.02. The average Bonchev–Trinajstić information content (AvgIpc) is 2.63. The van der Waals surface area contributed by atoms with Crippen LogP contribution in [0.4, 0.5) is 5.69 Å². The van der Waals surface area contributed by atoms with Gasteiger partial charge in [-0.3, -0.25) is 14.6 Å². The fraction of sp³-hybridized carbons (Fsp3) is 0.105. The Morgan fingerprint density at radius 3 is 2.73 bits per heavy atom. The highest BCUT2D eigenvalue weighted by molar-refractivity contribution is 6.35. The first-order valence-electron chi connectivity index (χ1n) is 7.76. The van der Waals surface area contributed by atoms with Crippen molar-refractivity contribution in [1.29, 1.82) is 0 Å². The highest BCUT2D eigenvalue weighted by atomic mass is 35.5. The van der Waals surface area contributed by atoms with Gasteiger partial charge in [-0.15, -0.1) is 0 Å². The largest absolute Gasteiger partial charge is 0.455 e. The van der Waals surface area contributed by atoms with Gasteiger partial charge in [0.1, 0.15) is 0 Å². The number of anilines is 1. The third-order valence-electron chi connectivity index (χ3n) is 3.62. The minimum atomic E-state index is -0.518. The number of carbonyl (C=O) groups excluding carboxylic acids is 2. The highest BCUT2D eigenvalue weighted by Gasteiger charge is 2.12. The van der Waals surface area contributed by atoms with Crippen LogP contribution in [0.5, 0.6) is 0 Å². The van der Waals surface area contributed by atoms with Crippen LogP contribution in [0.15, 0.2) is 54.7 Å². The molecule has 7 heteroatoms. The van der Waals surface area contributed by atoms with Crippen LogP contribution in [0, 0.1) is 0 Å². The van der Waals surface area contributed by atoms with Crippen molar-refractivity contribution in [3.63, 3.8) is 0 Å². The van der Waals surface area contributed by atoms with Crippen molar-refractivity contribution in [3.05, 3.63) is 70.3 Å². The number of benzene rings is 2. The van der Waals surface area contributed by atoms with E-state index in [1.165, 1.54) is 6.07 Å². The Bertz CT molecular complexity index is 971. The molecule has 0 aliphatic heterocycles. The molecule has 0 aliphatic carbocycles. The molecule has 0 bridgehead atoms. The Kier molecular flexibility index (Phi) is 5.71. The molecular weight excluding hydrogens is 375 g/mol. The van der Waals surface area contributed by atoms with Crippen molar-refractivity contribution in [2.45, 2.75) is 6.42 Å². The van der Waals surface area contributed by atoms with Gasteiger partial charge in [-0.25, -0.2) is 0 Å². The predicted molar refractivity (Wildman–Crippen MR) is 101 cm³/mol. The molecule has 1 amide bonds. The molecule has 0 aliphatic rings. The number of hydrogen-bond acceptors (Lipinski definition) is 4. The SMILES string of the molecule is O=C(COC(=O)Cc1cccc2cccnc12)Nc1cc(Cl)ccc1Cl. The maximum Gasteiger partial charge on any atom is 0.310 e. The summed E-state index contributed by atoms with van der Waals surface area (Å²) in [6, 6.07) is 14.0. The topological polar surface area (TPSA) is 68.3 Å². The van der Waals surface area contributed by atoms with Crippen molar-refractivity contribution >= 4 is 51.7 Å². The first-order valence-corrected chi connectivity index (χ1v) is 8.51. The fourth-order valence-electron chi connectivity index (χ4n) is 2.44. The summed E-state index contributed by atoms with van der Waals surface area (Å²) in [5, 5.41) is 4.27. The molecular formula is C19H14Cl2N2O3. The van der Waals surface area contributed by atoms with E-state index in [0.717, 1.165) is 16.5 Å². The summed E-state index contributed by atoms with van der Waals surface area (Å²) in [5.41, 5.74) is 1.84. The Balaban J connectivity index is 1.58. The first-order chi connectivity index (χ1) is 12.5. The van der Waals surface area contributed by atoms with Gasteiger partial charge in [0.2, 0.25) is 0 Å². The van der Waals surface area contributed by atoms with Crippen LogP contribution < -0.4 is 5.32 Å². The lowest BCUT2D eigenvalue weighted by Gasteiger charge is -2.09. The molecule has 0 atom stereocenters. The highest BCUT2D eigenvalue weighted by Crippen LogP contribution is 2.25. The van der Waals surface area contributed by atoms with Crippen LogP contribution in [-0.4, -0.2) is 23.5 Å². The lowest BCUT2D eigenvalue weighted by Crippen LogP contribution is -2.21. The Morgan fingerprint density at radius 2 is 1.88 bits per heavy atom. The zero-order valence-electron chi connectivity index (χ0n) is 13.5. The number of carbonyl (C=O) groups is 2. The van der Waals surface area contributed by atoms with Crippen molar-refractivity contribution in [3.8, 4) is 0 Å². The number of fused-ring (bicyclic) bond motifs is 1. The number of amides is 1. The third-order valence-corrected chi connectivity index (χ3v) is 4.18. The number of esters is 1. The van der Waals surface area contributed by atoms with Crippen molar-refractivity contribution in [2.75, 3.05) is 11.9 Å². The molecule has 0 saturated heterocycles. The molecule has 0 unspecified atom stereocenters. The summed E-state index contributed by atoms with van der Waals surface area (Å²) in [4.78, 5) is 28.3. The number of nitrogens with zero attached hydrogens (tertiary/aromatic N) is 1. The number of hydrogen-bond donors (Lipinski definition) is 1. The van der Waals surface area contributed by atoms with Crippen LogP contribution in [0.3, 0.4) is 0 Å². The van der Waals surface area contributed by atoms with Crippen molar-refractivity contribution in [1.82, 2.24) is 4.98 Å². The fourth-order valence-corrected chi connectivity index (χ4v) is 2.78. The number of aromatic nitrogens is 1. The van der Waals surface area contributed by atoms with Crippen LogP contribution in [0.1, 0.15) is 5.56 Å². The summed E-state index contributed by atoms with van der Waals surface area (Å²) in [6.07, 6.45) is 1.69. The maximum atomic E-state index is 12.1. The van der Waals surface area contributed by atoms with E-state index < -0.39 is 18.5 Å². The molecule has 132 valence electrons. The van der Waals surface area contributed by atoms with Gasteiger partial charge in [0, 0.05) is 16.6 Å². The lowest BCUT2D eigenvalue weighted by atomic mass is 10.1. The van der Waals surface area contributed by atoms with E-state index >= 15 is 0 Å². The average molecular weight is 389 g/mol. The number of ether oxygens (including phenoxy) is 1. The molecule has 3 rings (SSSR count). The first kappa shape index (κ1) is 18.2. The van der Waals surface area contributed by atoms with Gasteiger partial charge in [-0.1, -0.05) is 47.5 Å². The summed E-state index contributed by atoms with van der Waals surface area (Å²) in [6.45, 7) is -0.417. The summed E-state index contributed by atoms with van der Waals surface area (Å²) in [7, 11) is 0. The standard InChI is InChI=1S/C19H14Cl2N2O3/c20-14-6-7-15(21)16(10-14)23-17(24)11-26-18(25)9-13-4-1-3-12-5-2-8-22-19(12)13/h1-8,10H,9,11H2,(H,23,24). The minimum absolute atomic E-state index is 0.0273. The third kappa shape index (κ3) is 4.50. The van der Waals surface area contributed by atoms with Crippen molar-refractivity contribution in [2.24, 2.45) is 0 Å².